The summed E-state index contributed by atoms with van der Waals surface area (Å²) >= 11 is 0. The molecular formula is C22H18N4O2. The number of benzene rings is 2. The highest BCUT2D eigenvalue weighted by atomic mass is 16.5. The van der Waals surface area contributed by atoms with Crippen LogP contribution in [-0.4, -0.2) is 27.4 Å². The van der Waals surface area contributed by atoms with Gasteiger partial charge in [0.05, 0.1) is 6.04 Å². The highest BCUT2D eigenvalue weighted by Crippen LogP contribution is 2.33. The largest absolute Gasteiger partial charge is 0.350 e. The van der Waals surface area contributed by atoms with E-state index in [9.17, 15) is 4.79 Å². The number of hydrogen-bond acceptors (Lipinski definition) is 4. The molecule has 1 aliphatic rings. The second kappa shape index (κ2) is 6.81. The molecule has 0 N–H and O–H groups in total. The molecule has 3 heterocycles. The molecule has 1 unspecified atom stereocenters. The van der Waals surface area contributed by atoms with E-state index in [2.05, 4.69) is 16.3 Å². The molecule has 5 rings (SSSR count). The Labute approximate surface area is 162 Å². The lowest BCUT2D eigenvalue weighted by atomic mass is 9.97. The third-order valence-electron chi connectivity index (χ3n) is 5.07. The predicted molar refractivity (Wildman–Crippen MR) is 105 cm³/mol. The van der Waals surface area contributed by atoms with Crippen molar-refractivity contribution < 1.29 is 9.32 Å². The number of amides is 1. The van der Waals surface area contributed by atoms with Crippen molar-refractivity contribution in [3.05, 3.63) is 90.4 Å². The number of nitrogens with zero attached hydrogens (tertiary/aromatic N) is 4. The molecule has 0 fully saturated rings. The van der Waals surface area contributed by atoms with E-state index in [1.54, 1.807) is 17.2 Å². The van der Waals surface area contributed by atoms with E-state index in [0.29, 0.717) is 12.2 Å². The Hall–Kier alpha value is -3.67. The van der Waals surface area contributed by atoms with Gasteiger partial charge in [-0.05, 0) is 24.1 Å². The second-order valence-corrected chi connectivity index (χ2v) is 6.83. The SMILES string of the molecule is O=C(c1cc(-c2ccccc2)no1)N1CC(n2cccn2)Cc2ccccc21. The van der Waals surface area contributed by atoms with E-state index in [4.69, 9.17) is 4.52 Å². The molecule has 6 nitrogen and oxygen atoms in total. The Kier molecular flexibility index (Phi) is 4.01. The number of fused-ring (bicyclic) bond motifs is 1. The maximum absolute atomic E-state index is 13.3. The molecule has 0 saturated carbocycles. The Morgan fingerprint density at radius 2 is 1.86 bits per heavy atom. The average molecular weight is 370 g/mol. The smallest absolute Gasteiger partial charge is 0.296 e. The van der Waals surface area contributed by atoms with E-state index in [-0.39, 0.29) is 17.7 Å². The standard InChI is InChI=1S/C22H18N4O2/c27-22(21-14-19(24-28-21)16-7-2-1-3-8-16)25-15-18(26-12-6-11-23-26)13-17-9-4-5-10-20(17)25/h1-12,14,18H,13,15H2. The quantitative estimate of drug-likeness (QED) is 0.547. The minimum absolute atomic E-state index is 0.0744. The summed E-state index contributed by atoms with van der Waals surface area (Å²) in [6, 6.07) is 21.3. The van der Waals surface area contributed by atoms with Crippen LogP contribution in [0.15, 0.2) is 83.6 Å². The molecular weight excluding hydrogens is 352 g/mol. The van der Waals surface area contributed by atoms with Gasteiger partial charge in [-0.1, -0.05) is 53.7 Å². The number of hydrogen-bond donors (Lipinski definition) is 0. The van der Waals surface area contributed by atoms with Gasteiger partial charge in [0.15, 0.2) is 0 Å². The Bertz CT molecular complexity index is 1100. The van der Waals surface area contributed by atoms with Crippen LogP contribution in [-0.2, 0) is 6.42 Å². The van der Waals surface area contributed by atoms with Crippen molar-refractivity contribution in [3.63, 3.8) is 0 Å². The van der Waals surface area contributed by atoms with Crippen molar-refractivity contribution in [1.82, 2.24) is 14.9 Å². The molecule has 0 radical (unpaired) electrons. The Morgan fingerprint density at radius 1 is 1.04 bits per heavy atom. The minimum atomic E-state index is -0.195. The molecule has 6 heteroatoms. The van der Waals surface area contributed by atoms with Crippen molar-refractivity contribution >= 4 is 11.6 Å². The lowest BCUT2D eigenvalue weighted by molar-refractivity contribution is 0.0944. The van der Waals surface area contributed by atoms with Gasteiger partial charge < -0.3 is 9.42 Å². The van der Waals surface area contributed by atoms with Gasteiger partial charge in [0.25, 0.3) is 5.91 Å². The van der Waals surface area contributed by atoms with Crippen LogP contribution in [0.3, 0.4) is 0 Å². The average Bonchev–Trinajstić information content (AvgIpc) is 3.45. The van der Waals surface area contributed by atoms with Crippen molar-refractivity contribution in [2.24, 2.45) is 0 Å². The van der Waals surface area contributed by atoms with Gasteiger partial charge >= 0.3 is 0 Å². The monoisotopic (exact) mass is 370 g/mol. The van der Waals surface area contributed by atoms with E-state index in [1.165, 1.54) is 0 Å². The molecule has 28 heavy (non-hydrogen) atoms. The van der Waals surface area contributed by atoms with E-state index in [0.717, 1.165) is 23.2 Å². The minimum Gasteiger partial charge on any atom is -0.350 e. The van der Waals surface area contributed by atoms with Crippen LogP contribution in [0, 0.1) is 0 Å². The van der Waals surface area contributed by atoms with Gasteiger partial charge in [0.1, 0.15) is 5.69 Å². The zero-order valence-electron chi connectivity index (χ0n) is 15.1. The lowest BCUT2D eigenvalue weighted by Crippen LogP contribution is -2.41. The Morgan fingerprint density at radius 3 is 2.68 bits per heavy atom. The van der Waals surface area contributed by atoms with E-state index in [1.807, 2.05) is 65.5 Å². The number of para-hydroxylation sites is 1. The molecule has 4 aromatic rings. The molecule has 2 aromatic carbocycles. The maximum atomic E-state index is 13.3. The van der Waals surface area contributed by atoms with Crippen LogP contribution in [0.5, 0.6) is 0 Å². The third-order valence-corrected chi connectivity index (χ3v) is 5.07. The first-order chi connectivity index (χ1) is 13.8. The van der Waals surface area contributed by atoms with Crippen LogP contribution in [0.1, 0.15) is 22.2 Å². The number of carbonyl (C=O) groups excluding carboxylic acids is 1. The maximum Gasteiger partial charge on any atom is 0.296 e. The second-order valence-electron chi connectivity index (χ2n) is 6.83. The molecule has 1 aliphatic heterocycles. The van der Waals surface area contributed by atoms with Gasteiger partial charge in [0, 0.05) is 36.3 Å². The molecule has 0 aliphatic carbocycles. The first kappa shape index (κ1) is 16.5. The summed E-state index contributed by atoms with van der Waals surface area (Å²) in [7, 11) is 0. The number of anilines is 1. The van der Waals surface area contributed by atoms with Crippen molar-refractivity contribution in [1.29, 1.82) is 0 Å². The van der Waals surface area contributed by atoms with Crippen LogP contribution < -0.4 is 4.90 Å². The summed E-state index contributed by atoms with van der Waals surface area (Å²) < 4.78 is 7.32. The normalized spacial score (nSPS) is 16.0. The molecule has 1 amide bonds. The third kappa shape index (κ3) is 2.89. The summed E-state index contributed by atoms with van der Waals surface area (Å²) in [5, 5.41) is 8.45. The molecule has 1 atom stereocenters. The molecule has 0 spiro atoms. The summed E-state index contributed by atoms with van der Waals surface area (Å²) in [6.45, 7) is 0.527. The summed E-state index contributed by atoms with van der Waals surface area (Å²) in [5.41, 5.74) is 3.59. The first-order valence-electron chi connectivity index (χ1n) is 9.20. The number of aromatic nitrogens is 3. The Balaban J connectivity index is 1.49. The summed E-state index contributed by atoms with van der Waals surface area (Å²) in [6.07, 6.45) is 4.52. The van der Waals surface area contributed by atoms with Crippen molar-refractivity contribution in [2.75, 3.05) is 11.4 Å². The number of carbonyl (C=O) groups is 1. The van der Waals surface area contributed by atoms with Crippen LogP contribution in [0.25, 0.3) is 11.3 Å². The fourth-order valence-electron chi connectivity index (χ4n) is 3.69. The fraction of sp³-hybridized carbons (Fsp3) is 0.136. The molecule has 0 saturated heterocycles. The lowest BCUT2D eigenvalue weighted by Gasteiger charge is -2.34. The fourth-order valence-corrected chi connectivity index (χ4v) is 3.69. The highest BCUT2D eigenvalue weighted by molar-refractivity contribution is 6.05. The van der Waals surface area contributed by atoms with E-state index < -0.39 is 0 Å². The first-order valence-corrected chi connectivity index (χ1v) is 9.20. The van der Waals surface area contributed by atoms with Gasteiger partial charge in [0.2, 0.25) is 5.76 Å². The highest BCUT2D eigenvalue weighted by Gasteiger charge is 2.32. The van der Waals surface area contributed by atoms with Gasteiger partial charge in [-0.2, -0.15) is 5.10 Å². The summed E-state index contributed by atoms with van der Waals surface area (Å²) in [5.74, 6) is 0.0359. The van der Waals surface area contributed by atoms with Crippen molar-refractivity contribution in [3.8, 4) is 11.3 Å². The van der Waals surface area contributed by atoms with Crippen molar-refractivity contribution in [2.45, 2.75) is 12.5 Å². The van der Waals surface area contributed by atoms with E-state index >= 15 is 0 Å². The molecule has 138 valence electrons. The van der Waals surface area contributed by atoms with Crippen LogP contribution >= 0.6 is 0 Å². The molecule has 2 aromatic heterocycles. The van der Waals surface area contributed by atoms with Gasteiger partial charge in [-0.15, -0.1) is 0 Å². The van der Waals surface area contributed by atoms with Gasteiger partial charge in [-0.3, -0.25) is 9.48 Å². The van der Waals surface area contributed by atoms with Crippen LogP contribution in [0.2, 0.25) is 0 Å². The predicted octanol–water partition coefficient (Wildman–Crippen LogP) is 3.98. The molecule has 0 bridgehead atoms. The topological polar surface area (TPSA) is 64.2 Å². The number of rotatable bonds is 3. The van der Waals surface area contributed by atoms with Crippen LogP contribution in [0.4, 0.5) is 5.69 Å². The van der Waals surface area contributed by atoms with Gasteiger partial charge in [-0.25, -0.2) is 0 Å². The summed E-state index contributed by atoms with van der Waals surface area (Å²) in [4.78, 5) is 15.0. The zero-order valence-corrected chi connectivity index (χ0v) is 15.1. The zero-order chi connectivity index (χ0) is 18.9.